The standard InChI is InChI=1S/C22H23F2N5O3/c1-12(14-4-3-5-16-19(14)32-11-22(16,23)24)25-20-15-10-17(29-6-8-31-9-7-29)21(30)26-18(15)13(2)27-28-20/h3-5,10,12H,6-9,11H2,1-2H3,(H,25,28)(H,26,30)/t12-/m1/s1. The molecule has 2 aromatic heterocycles. The highest BCUT2D eigenvalue weighted by atomic mass is 19.3. The molecule has 32 heavy (non-hydrogen) atoms. The van der Waals surface area contributed by atoms with Gasteiger partial charge in [-0.3, -0.25) is 4.79 Å². The van der Waals surface area contributed by atoms with Gasteiger partial charge in [0.05, 0.1) is 36.0 Å². The molecule has 0 spiro atoms. The third-order valence-electron chi connectivity index (χ3n) is 5.95. The highest BCUT2D eigenvalue weighted by molar-refractivity contribution is 5.92. The van der Waals surface area contributed by atoms with E-state index < -0.39 is 18.6 Å². The van der Waals surface area contributed by atoms with E-state index in [2.05, 4.69) is 20.5 Å². The van der Waals surface area contributed by atoms with Gasteiger partial charge in [0.2, 0.25) is 0 Å². The van der Waals surface area contributed by atoms with Crippen LogP contribution in [0.1, 0.15) is 29.8 Å². The van der Waals surface area contributed by atoms with Crippen LogP contribution in [0.2, 0.25) is 0 Å². The van der Waals surface area contributed by atoms with E-state index in [4.69, 9.17) is 9.47 Å². The molecule has 1 fully saturated rings. The lowest BCUT2D eigenvalue weighted by Crippen LogP contribution is -2.39. The van der Waals surface area contributed by atoms with E-state index in [-0.39, 0.29) is 16.9 Å². The van der Waals surface area contributed by atoms with Crippen LogP contribution in [-0.4, -0.2) is 48.1 Å². The lowest BCUT2D eigenvalue weighted by Gasteiger charge is -2.28. The van der Waals surface area contributed by atoms with Gasteiger partial charge in [-0.05, 0) is 26.0 Å². The summed E-state index contributed by atoms with van der Waals surface area (Å²) in [7, 11) is 0. The smallest absolute Gasteiger partial charge is 0.310 e. The first kappa shape index (κ1) is 20.6. The van der Waals surface area contributed by atoms with E-state index in [0.717, 1.165) is 0 Å². The molecule has 0 amide bonds. The zero-order chi connectivity index (χ0) is 22.5. The van der Waals surface area contributed by atoms with Gasteiger partial charge in [0.25, 0.3) is 5.56 Å². The minimum atomic E-state index is -3.01. The van der Waals surface area contributed by atoms with Crippen LogP contribution in [0, 0.1) is 6.92 Å². The number of hydrogen-bond acceptors (Lipinski definition) is 7. The average Bonchev–Trinajstić information content (AvgIpc) is 3.11. The topological polar surface area (TPSA) is 92.4 Å². The second-order valence-electron chi connectivity index (χ2n) is 8.09. The number of fused-ring (bicyclic) bond motifs is 2. The summed E-state index contributed by atoms with van der Waals surface area (Å²) in [5.41, 5.74) is 2.00. The van der Waals surface area contributed by atoms with E-state index in [1.165, 1.54) is 6.07 Å². The first-order valence-corrected chi connectivity index (χ1v) is 10.5. The van der Waals surface area contributed by atoms with Crippen molar-refractivity contribution < 1.29 is 18.3 Å². The minimum absolute atomic E-state index is 0.109. The molecule has 4 heterocycles. The molecular formula is C22H23F2N5O3. The number of aromatic nitrogens is 3. The molecular weight excluding hydrogens is 420 g/mol. The summed E-state index contributed by atoms with van der Waals surface area (Å²) in [5.74, 6) is -2.36. The van der Waals surface area contributed by atoms with Crippen molar-refractivity contribution >= 4 is 22.4 Å². The van der Waals surface area contributed by atoms with Gasteiger partial charge in [0.1, 0.15) is 11.4 Å². The zero-order valence-electron chi connectivity index (χ0n) is 17.7. The Morgan fingerprint density at radius 1 is 1.25 bits per heavy atom. The van der Waals surface area contributed by atoms with Crippen LogP contribution < -0.4 is 20.5 Å². The highest BCUT2D eigenvalue weighted by Gasteiger charge is 2.42. The fourth-order valence-electron chi connectivity index (χ4n) is 4.23. The van der Waals surface area contributed by atoms with Gasteiger partial charge in [-0.2, -0.15) is 13.9 Å². The zero-order valence-corrected chi connectivity index (χ0v) is 17.7. The molecule has 10 heteroatoms. The molecule has 2 aliphatic rings. The molecule has 0 saturated carbocycles. The number of aromatic amines is 1. The molecule has 5 rings (SSSR count). The summed E-state index contributed by atoms with van der Waals surface area (Å²) in [6.07, 6.45) is 0. The number of halogens is 2. The molecule has 1 saturated heterocycles. The first-order chi connectivity index (χ1) is 15.3. The van der Waals surface area contributed by atoms with Crippen molar-refractivity contribution in [3.05, 3.63) is 51.4 Å². The quantitative estimate of drug-likeness (QED) is 0.640. The van der Waals surface area contributed by atoms with E-state index in [0.29, 0.717) is 60.0 Å². The number of rotatable bonds is 4. The molecule has 8 nitrogen and oxygen atoms in total. The molecule has 0 aliphatic carbocycles. The predicted molar refractivity (Wildman–Crippen MR) is 116 cm³/mol. The summed E-state index contributed by atoms with van der Waals surface area (Å²) in [6.45, 7) is 5.29. The number of ether oxygens (including phenoxy) is 2. The third kappa shape index (κ3) is 3.44. The lowest BCUT2D eigenvalue weighted by atomic mass is 10.0. The van der Waals surface area contributed by atoms with Crippen molar-refractivity contribution in [2.45, 2.75) is 25.8 Å². The number of H-pyrrole nitrogens is 1. The van der Waals surface area contributed by atoms with Crippen LogP contribution in [0.15, 0.2) is 29.1 Å². The van der Waals surface area contributed by atoms with Gasteiger partial charge in [-0.25, -0.2) is 0 Å². The Hall–Kier alpha value is -3.27. The number of aryl methyl sites for hydroxylation is 1. The van der Waals surface area contributed by atoms with Crippen molar-refractivity contribution in [1.29, 1.82) is 0 Å². The SMILES string of the molecule is Cc1nnc(N[C@H](C)c2cccc3c2OCC3(F)F)c2cc(N3CCOCC3)c(=O)[nH]c12. The van der Waals surface area contributed by atoms with E-state index >= 15 is 0 Å². The Labute approximate surface area is 182 Å². The fourth-order valence-corrected chi connectivity index (χ4v) is 4.23. The van der Waals surface area contributed by atoms with Crippen LogP contribution in [0.3, 0.4) is 0 Å². The lowest BCUT2D eigenvalue weighted by molar-refractivity contribution is -0.0214. The first-order valence-electron chi connectivity index (χ1n) is 10.5. The summed E-state index contributed by atoms with van der Waals surface area (Å²) in [6, 6.07) is 6.15. The summed E-state index contributed by atoms with van der Waals surface area (Å²) in [5, 5.41) is 12.4. The van der Waals surface area contributed by atoms with Crippen LogP contribution in [-0.2, 0) is 10.7 Å². The van der Waals surface area contributed by atoms with Gasteiger partial charge < -0.3 is 24.7 Å². The second-order valence-corrected chi connectivity index (χ2v) is 8.09. The van der Waals surface area contributed by atoms with Crippen LogP contribution in [0.5, 0.6) is 5.75 Å². The largest absolute Gasteiger partial charge is 0.486 e. The van der Waals surface area contributed by atoms with Crippen LogP contribution in [0.25, 0.3) is 10.9 Å². The Morgan fingerprint density at radius 2 is 2.03 bits per heavy atom. The molecule has 1 aromatic carbocycles. The molecule has 1 atom stereocenters. The van der Waals surface area contributed by atoms with Gasteiger partial charge in [0.15, 0.2) is 12.4 Å². The molecule has 0 radical (unpaired) electrons. The van der Waals surface area contributed by atoms with Gasteiger partial charge in [-0.15, -0.1) is 5.10 Å². The van der Waals surface area contributed by atoms with Crippen molar-refractivity contribution in [2.75, 3.05) is 43.1 Å². The van der Waals surface area contributed by atoms with E-state index in [9.17, 15) is 13.6 Å². The summed E-state index contributed by atoms with van der Waals surface area (Å²) < 4.78 is 38.9. The van der Waals surface area contributed by atoms with E-state index in [1.807, 2.05) is 11.8 Å². The second kappa shape index (κ2) is 7.70. The number of para-hydroxylation sites is 1. The Balaban J connectivity index is 1.54. The molecule has 2 N–H and O–H groups in total. The summed E-state index contributed by atoms with van der Waals surface area (Å²) in [4.78, 5) is 17.6. The Kier molecular flexibility index (Phi) is 4.96. The molecule has 0 unspecified atom stereocenters. The maximum Gasteiger partial charge on any atom is 0.310 e. The number of morpholine rings is 1. The molecule has 3 aromatic rings. The number of anilines is 2. The van der Waals surface area contributed by atoms with Gasteiger partial charge in [0, 0.05) is 24.0 Å². The maximum atomic E-state index is 14.1. The third-order valence-corrected chi connectivity index (χ3v) is 5.95. The number of benzene rings is 1. The van der Waals surface area contributed by atoms with Crippen molar-refractivity contribution in [1.82, 2.24) is 15.2 Å². The van der Waals surface area contributed by atoms with Crippen LogP contribution in [0.4, 0.5) is 20.3 Å². The molecule has 0 bridgehead atoms. The van der Waals surface area contributed by atoms with Crippen LogP contribution >= 0.6 is 0 Å². The monoisotopic (exact) mass is 443 g/mol. The predicted octanol–water partition coefficient (Wildman–Crippen LogP) is 3.12. The number of nitrogens with zero attached hydrogens (tertiary/aromatic N) is 3. The number of nitrogens with one attached hydrogen (secondary N) is 2. The van der Waals surface area contributed by atoms with Crippen molar-refractivity contribution in [3.8, 4) is 5.75 Å². The molecule has 2 aliphatic heterocycles. The Bertz CT molecular complexity index is 1240. The number of alkyl halides is 2. The Morgan fingerprint density at radius 3 is 2.81 bits per heavy atom. The van der Waals surface area contributed by atoms with E-state index in [1.54, 1.807) is 25.1 Å². The normalized spacial score (nSPS) is 18.3. The minimum Gasteiger partial charge on any atom is -0.486 e. The van der Waals surface area contributed by atoms with Crippen molar-refractivity contribution in [2.24, 2.45) is 0 Å². The summed E-state index contributed by atoms with van der Waals surface area (Å²) >= 11 is 0. The average molecular weight is 443 g/mol. The highest BCUT2D eigenvalue weighted by Crippen LogP contribution is 2.45. The number of pyridine rings is 1. The molecule has 168 valence electrons. The van der Waals surface area contributed by atoms with Gasteiger partial charge >= 0.3 is 5.92 Å². The number of hydrogen-bond donors (Lipinski definition) is 2. The van der Waals surface area contributed by atoms with Gasteiger partial charge in [-0.1, -0.05) is 12.1 Å². The fraction of sp³-hybridized carbons (Fsp3) is 0.409. The maximum absolute atomic E-state index is 14.1. The van der Waals surface area contributed by atoms with Crippen molar-refractivity contribution in [3.63, 3.8) is 0 Å².